The minimum atomic E-state index is 0.0346. The van der Waals surface area contributed by atoms with Crippen LogP contribution in [0.15, 0.2) is 382 Å². The van der Waals surface area contributed by atoms with Crippen molar-refractivity contribution >= 4 is 131 Å². The first-order valence-corrected chi connectivity index (χ1v) is 45.6. The number of allylic oxidation sites excluding steroid dienone is 1. The predicted molar refractivity (Wildman–Crippen MR) is 548 cm³/mol. The molecule has 18 nitrogen and oxygen atoms in total. The van der Waals surface area contributed by atoms with E-state index < -0.39 is 0 Å². The van der Waals surface area contributed by atoms with Crippen LogP contribution in [0.3, 0.4) is 0 Å². The molecule has 4 heterocycles. The van der Waals surface area contributed by atoms with Crippen molar-refractivity contribution < 1.29 is 47.4 Å². The number of thiophene rings is 2. The number of rotatable bonds is 26. The molecule has 2 aliphatic heterocycles. The van der Waals surface area contributed by atoms with E-state index in [1.54, 1.807) is 79.6 Å². The lowest BCUT2D eigenvalue weighted by molar-refractivity contribution is 0.414. The number of benzene rings is 16. The largest absolute Gasteiger partial charge is 0.497 e. The van der Waals surface area contributed by atoms with Crippen LogP contribution < -0.4 is 76.8 Å². The topological polar surface area (TPSA) is 140 Å². The minimum absolute atomic E-state index is 0.0346. The first kappa shape index (κ1) is 85.2. The molecule has 20 heteroatoms. The first-order valence-electron chi connectivity index (χ1n) is 43.9. The van der Waals surface area contributed by atoms with Gasteiger partial charge in [-0.3, -0.25) is 0 Å². The van der Waals surface area contributed by atoms with E-state index in [-0.39, 0.29) is 5.70 Å². The Kier molecular flexibility index (Phi) is 23.0. The summed E-state index contributed by atoms with van der Waals surface area (Å²) >= 11 is 3.38. The van der Waals surface area contributed by atoms with Crippen LogP contribution in [-0.4, -0.2) is 56.9 Å². The van der Waals surface area contributed by atoms with Gasteiger partial charge in [-0.15, -0.1) is 22.7 Å². The molecule has 1 aliphatic carbocycles. The average molecular weight is 1820 g/mol. The quantitative estimate of drug-likeness (QED) is 0.0375. The lowest BCUT2D eigenvalue weighted by Gasteiger charge is -2.35. The Hall–Kier alpha value is -17.6. The molecule has 662 valence electrons. The molecule has 21 rings (SSSR count). The zero-order valence-electron chi connectivity index (χ0n) is 75.3. The number of hydrogen-bond acceptors (Lipinski definition) is 19. The van der Waals surface area contributed by atoms with Gasteiger partial charge >= 0.3 is 0 Å². The molecule has 136 heavy (non-hydrogen) atoms. The first-order chi connectivity index (χ1) is 66.8. The van der Waals surface area contributed by atoms with Crippen molar-refractivity contribution in [3.05, 3.63) is 404 Å². The van der Waals surface area contributed by atoms with E-state index in [1.165, 1.54) is 0 Å². The Labute approximate surface area is 796 Å². The average Bonchev–Trinajstić information content (AvgIpc) is 1.11. The molecule has 18 aromatic rings. The van der Waals surface area contributed by atoms with Gasteiger partial charge < -0.3 is 76.8 Å². The Morgan fingerprint density at radius 1 is 0.257 bits per heavy atom. The van der Waals surface area contributed by atoms with Crippen molar-refractivity contribution in [3.63, 3.8) is 0 Å². The lowest BCUT2D eigenvalue weighted by Crippen LogP contribution is -2.18. The fourth-order valence-electron chi connectivity index (χ4n) is 18.0. The number of nitrogens with zero attached hydrogens (tertiary/aromatic N) is 8. The summed E-state index contributed by atoms with van der Waals surface area (Å²) in [5, 5.41) is 10.8. The van der Waals surface area contributed by atoms with Gasteiger partial charge in [-0.05, 0) is 348 Å². The summed E-state index contributed by atoms with van der Waals surface area (Å²) in [6.07, 6.45) is 0. The molecule has 0 bridgehead atoms. The number of ether oxygens (including phenoxy) is 10. The van der Waals surface area contributed by atoms with Crippen LogP contribution in [0.5, 0.6) is 69.0 Å². The third-order valence-electron chi connectivity index (χ3n) is 24.8. The number of methoxy groups -OCH3 is 8. The van der Waals surface area contributed by atoms with E-state index in [0.29, 0.717) is 28.6 Å². The van der Waals surface area contributed by atoms with Crippen molar-refractivity contribution in [3.8, 4) is 128 Å². The standard InChI is InChI=1S/C116H86N8O10S2/c1-118-103(72-117)116-101-66-75(114-64-62-112(135-114)73-10-16-85(17-11-73)123-104-58-36-87(119(77-20-40-91(125-2)41-21-77)78-22-42-92(126-3)43-23-78)68-108(104)133-109-69-88(37-59-105(109)123)120(79-24-44-93(127-4)45-25-79)80-26-46-94(128-5)47-27-80)14-56-99(101)100-57-15-76(67-102(100)116)115-65-63-113(136-115)74-12-18-86(19-13-74)124-106-60-38-89(121(81-28-48-95(129-6)49-29-81)82-30-50-96(130-7)51-31-82)70-110(106)134-111-71-90(39-61-107(111)124)122(83-32-52-97(131-8)53-33-83)84-34-54-98(132-9)55-35-84/h10-71H,2-9H3. The molecule has 0 fully saturated rings. The second-order valence-electron chi connectivity index (χ2n) is 32.3. The van der Waals surface area contributed by atoms with Crippen LogP contribution in [0, 0.1) is 17.9 Å². The minimum Gasteiger partial charge on any atom is -0.497 e. The summed E-state index contributed by atoms with van der Waals surface area (Å²) in [6.45, 7) is 8.46. The van der Waals surface area contributed by atoms with Gasteiger partial charge in [0.1, 0.15) is 46.0 Å². The highest BCUT2D eigenvalue weighted by atomic mass is 32.1. The van der Waals surface area contributed by atoms with E-state index in [0.717, 1.165) is 212 Å². The van der Waals surface area contributed by atoms with E-state index in [2.05, 4.69) is 222 Å². The van der Waals surface area contributed by atoms with Gasteiger partial charge in [0.15, 0.2) is 23.0 Å². The molecule has 0 saturated carbocycles. The Morgan fingerprint density at radius 3 is 0.684 bits per heavy atom. The normalized spacial score (nSPS) is 11.7. The van der Waals surface area contributed by atoms with E-state index in [9.17, 15) is 5.26 Å². The Morgan fingerprint density at radius 2 is 0.471 bits per heavy atom. The zero-order chi connectivity index (χ0) is 92.6. The van der Waals surface area contributed by atoms with Crippen molar-refractivity contribution in [2.75, 3.05) is 86.3 Å². The van der Waals surface area contributed by atoms with Gasteiger partial charge in [0, 0.05) is 129 Å². The number of nitriles is 1. The van der Waals surface area contributed by atoms with Crippen molar-refractivity contribution in [2.45, 2.75) is 0 Å². The SMILES string of the molecule is [C-]#[N+]C(C#N)=C1c2cc(-c3ccc(-c4ccc(N5c6ccc(N(c7ccc(OC)cc7)c7ccc(OC)cc7)cc6Oc6cc(N(c7ccc(OC)cc7)c7ccc(OC)cc7)ccc65)cc4)s3)ccc2-c2ccc(-c3ccc(-c4ccc(N5c6ccc(N(c7ccc(OC)cc7)c7ccc(OC)cc7)cc6Oc6cc(N(c7ccc(OC)cc7)c7ccc(OC)cc7)ccc65)cc4)s3)cc21. The molecule has 3 aliphatic rings. The highest BCUT2D eigenvalue weighted by Crippen LogP contribution is 2.59. The summed E-state index contributed by atoms with van der Waals surface area (Å²) in [5.41, 5.74) is 24.4. The maximum atomic E-state index is 10.8. The van der Waals surface area contributed by atoms with Crippen LogP contribution in [0.25, 0.3) is 63.3 Å². The van der Waals surface area contributed by atoms with Crippen molar-refractivity contribution in [2.24, 2.45) is 0 Å². The fraction of sp³-hybridized carbons (Fsp3) is 0.0690. The second-order valence-corrected chi connectivity index (χ2v) is 34.5. The molecule has 0 N–H and O–H groups in total. The van der Waals surface area contributed by atoms with Gasteiger partial charge in [-0.1, -0.05) is 48.5 Å². The molecule has 0 amide bonds. The summed E-state index contributed by atoms with van der Waals surface area (Å²) < 4.78 is 59.4. The summed E-state index contributed by atoms with van der Waals surface area (Å²) in [6, 6.07) is 131. The molecular weight excluding hydrogens is 1730 g/mol. The summed E-state index contributed by atoms with van der Waals surface area (Å²) in [4.78, 5) is 21.4. The molecule has 0 saturated heterocycles. The maximum absolute atomic E-state index is 10.8. The van der Waals surface area contributed by atoms with Crippen LogP contribution in [0.2, 0.25) is 0 Å². The smallest absolute Gasteiger partial charge is 0.270 e. The van der Waals surface area contributed by atoms with E-state index >= 15 is 0 Å². The van der Waals surface area contributed by atoms with Gasteiger partial charge in [0.2, 0.25) is 0 Å². The van der Waals surface area contributed by atoms with Crippen LogP contribution >= 0.6 is 22.7 Å². The Balaban J connectivity index is 0.578. The highest BCUT2D eigenvalue weighted by molar-refractivity contribution is 7.19. The predicted octanol–water partition coefficient (Wildman–Crippen LogP) is 31.8. The van der Waals surface area contributed by atoms with Gasteiger partial charge in [-0.25, -0.2) is 10.1 Å². The molecule has 2 aromatic heterocycles. The highest BCUT2D eigenvalue weighted by Gasteiger charge is 2.34. The van der Waals surface area contributed by atoms with Gasteiger partial charge in [0.05, 0.1) is 92.3 Å². The number of hydrogen-bond donors (Lipinski definition) is 0. The number of fused-ring (bicyclic) bond motifs is 7. The fourth-order valence-corrected chi connectivity index (χ4v) is 20.0. The third kappa shape index (κ3) is 16.1. The van der Waals surface area contributed by atoms with Crippen molar-refractivity contribution in [1.29, 1.82) is 5.26 Å². The zero-order valence-corrected chi connectivity index (χ0v) is 76.9. The summed E-state index contributed by atoms with van der Waals surface area (Å²) in [7, 11) is 13.4. The second kappa shape index (κ2) is 36.6. The van der Waals surface area contributed by atoms with Crippen LogP contribution in [-0.2, 0) is 0 Å². The van der Waals surface area contributed by atoms with E-state index in [4.69, 9.17) is 53.9 Å². The van der Waals surface area contributed by atoms with Crippen LogP contribution in [0.4, 0.5) is 102 Å². The molecular formula is C116H86N8O10S2. The van der Waals surface area contributed by atoms with E-state index in [1.807, 2.05) is 194 Å². The molecule has 0 atom stereocenters. The van der Waals surface area contributed by atoms with Crippen molar-refractivity contribution in [1.82, 2.24) is 0 Å². The molecule has 0 unspecified atom stereocenters. The molecule has 0 spiro atoms. The molecule has 16 aromatic carbocycles. The summed E-state index contributed by atoms with van der Waals surface area (Å²) in [5.74, 6) is 8.54. The lowest BCUT2D eigenvalue weighted by atomic mass is 9.99. The molecule has 0 radical (unpaired) electrons. The maximum Gasteiger partial charge on any atom is 0.270 e. The monoisotopic (exact) mass is 1810 g/mol. The third-order valence-corrected chi connectivity index (χ3v) is 27.1. The van der Waals surface area contributed by atoms with Gasteiger partial charge in [0.25, 0.3) is 5.70 Å². The van der Waals surface area contributed by atoms with Crippen LogP contribution in [0.1, 0.15) is 11.1 Å². The number of anilines is 18. The van der Waals surface area contributed by atoms with Gasteiger partial charge in [-0.2, -0.15) is 0 Å². The Bertz CT molecular complexity index is 6710.